The molecule has 1 saturated heterocycles. The molecule has 2 N–H and O–H groups in total. The second-order valence-electron chi connectivity index (χ2n) is 11.1. The molecule has 2 aliphatic heterocycles. The van der Waals surface area contributed by atoms with Crippen molar-refractivity contribution in [3.8, 4) is 0 Å². The first-order valence-corrected chi connectivity index (χ1v) is 13.1. The highest BCUT2D eigenvalue weighted by Crippen LogP contribution is 2.49. The number of hydrogen-bond acceptors (Lipinski definition) is 7. The zero-order chi connectivity index (χ0) is 26.1. The van der Waals surface area contributed by atoms with Crippen LogP contribution in [-0.2, 0) is 19.1 Å². The highest BCUT2D eigenvalue weighted by atomic mass is 16.6. The Bertz CT molecular complexity index is 1030. The van der Waals surface area contributed by atoms with E-state index < -0.39 is 35.6 Å². The van der Waals surface area contributed by atoms with E-state index in [4.69, 9.17) is 9.47 Å². The van der Waals surface area contributed by atoms with E-state index in [0.29, 0.717) is 25.7 Å². The first-order chi connectivity index (χ1) is 17.1. The number of cyclic esters (lactones) is 1. The predicted molar refractivity (Wildman–Crippen MR) is 136 cm³/mol. The number of esters is 1. The molecule has 6 atom stereocenters. The molecule has 0 amide bonds. The molecule has 7 nitrogen and oxygen atoms in total. The minimum atomic E-state index is -1.15. The number of ether oxygens (including phenoxy) is 2. The number of allylic oxidation sites excluding steroid dienone is 1. The van der Waals surface area contributed by atoms with Gasteiger partial charge in [-0.25, -0.2) is 0 Å². The number of carbonyl (C=O) groups is 2. The van der Waals surface area contributed by atoms with Gasteiger partial charge in [0.05, 0.1) is 41.4 Å². The van der Waals surface area contributed by atoms with E-state index >= 15 is 0 Å². The van der Waals surface area contributed by atoms with Crippen molar-refractivity contribution < 1.29 is 29.3 Å². The van der Waals surface area contributed by atoms with Gasteiger partial charge in [0.1, 0.15) is 11.9 Å². The first-order valence-electron chi connectivity index (χ1n) is 13.1. The van der Waals surface area contributed by atoms with E-state index in [-0.39, 0.29) is 23.9 Å². The van der Waals surface area contributed by atoms with Crippen LogP contribution in [0.2, 0.25) is 0 Å². The van der Waals surface area contributed by atoms with Gasteiger partial charge in [0.2, 0.25) is 0 Å². The molecule has 1 spiro atoms. The van der Waals surface area contributed by atoms with Crippen molar-refractivity contribution in [2.75, 3.05) is 0 Å². The van der Waals surface area contributed by atoms with Crippen molar-refractivity contribution in [1.29, 1.82) is 0 Å². The topological polar surface area (TPSA) is 109 Å². The third kappa shape index (κ3) is 5.48. The molecular formula is C29H39NO6. The fraction of sp³-hybridized carbons (Fsp3) is 0.621. The van der Waals surface area contributed by atoms with Gasteiger partial charge in [-0.15, -0.1) is 0 Å². The predicted octanol–water partition coefficient (Wildman–Crippen LogP) is 4.17. The van der Waals surface area contributed by atoms with Gasteiger partial charge in [-0.05, 0) is 75.8 Å². The lowest BCUT2D eigenvalue weighted by molar-refractivity contribution is -0.160. The number of epoxide rings is 1. The van der Waals surface area contributed by atoms with E-state index in [1.165, 1.54) is 0 Å². The number of ketones is 1. The molecule has 0 unspecified atom stereocenters. The van der Waals surface area contributed by atoms with Crippen LogP contribution < -0.4 is 0 Å². The number of aromatic nitrogens is 1. The van der Waals surface area contributed by atoms with Crippen molar-refractivity contribution in [1.82, 2.24) is 4.98 Å². The average Bonchev–Trinajstić information content (AvgIpc) is 3.45. The van der Waals surface area contributed by atoms with Crippen LogP contribution in [0, 0.1) is 11.3 Å². The van der Waals surface area contributed by atoms with Gasteiger partial charge < -0.3 is 19.7 Å². The fourth-order valence-corrected chi connectivity index (χ4v) is 5.68. The van der Waals surface area contributed by atoms with Gasteiger partial charge in [0.25, 0.3) is 0 Å². The molecular weight excluding hydrogens is 458 g/mol. The van der Waals surface area contributed by atoms with Crippen LogP contribution in [0.25, 0.3) is 6.08 Å². The Hall–Kier alpha value is -2.35. The Morgan fingerprint density at radius 3 is 2.58 bits per heavy atom. The smallest absolute Gasteiger partial charge is 0.309 e. The summed E-state index contributed by atoms with van der Waals surface area (Å²) in [6, 6.07) is 5.63. The van der Waals surface area contributed by atoms with E-state index in [2.05, 4.69) is 4.98 Å². The Labute approximate surface area is 213 Å². The fourth-order valence-electron chi connectivity index (χ4n) is 5.68. The van der Waals surface area contributed by atoms with Crippen molar-refractivity contribution >= 4 is 17.8 Å². The van der Waals surface area contributed by atoms with Crippen LogP contribution in [0.5, 0.6) is 0 Å². The number of nitrogens with zero attached hydrogens (tertiary/aromatic N) is 1. The Morgan fingerprint density at radius 1 is 1.19 bits per heavy atom. The maximum absolute atomic E-state index is 13.5. The van der Waals surface area contributed by atoms with Crippen molar-refractivity contribution in [3.05, 3.63) is 47.3 Å². The first kappa shape index (κ1) is 26.7. The monoisotopic (exact) mass is 497 g/mol. The molecule has 1 saturated carbocycles. The molecule has 1 aliphatic carbocycles. The molecule has 0 aromatic carbocycles. The van der Waals surface area contributed by atoms with Crippen molar-refractivity contribution in [3.63, 3.8) is 0 Å². The van der Waals surface area contributed by atoms with E-state index in [9.17, 15) is 19.8 Å². The molecule has 1 aromatic heterocycles. The standard InChI is InChI=1S/C29H39NO6/c1-18-9-7-11-28(4)24(36-28)16-22(19(2)15-21-10-5-6-14-30-21)35-25(32)17-23(31)29(12-8-13-29)27(34)20(3)26(18)33/h5-6,9-10,14-15,20,22-24,26,31,33H,7-8,11-13,16-17H2,1-4H3/b18-9+,19-15?/t20-,22+,23+,24+,26+,28+/m1/s1. The maximum Gasteiger partial charge on any atom is 0.309 e. The van der Waals surface area contributed by atoms with E-state index in [1.54, 1.807) is 13.1 Å². The van der Waals surface area contributed by atoms with Gasteiger partial charge >= 0.3 is 5.97 Å². The molecule has 2 fully saturated rings. The SMILES string of the molecule is CC(=Cc1ccccn1)[C@@H]1C[C@@H]2O[C@@]2(C)CC/C=C(\C)[C@H](O)[C@@H](C)C(=O)C2(CCC2)[C@@H](O)CC(=O)O1. The number of carbonyl (C=O) groups excluding carboxylic acids is 2. The highest BCUT2D eigenvalue weighted by Gasteiger charge is 2.54. The summed E-state index contributed by atoms with van der Waals surface area (Å²) in [6.45, 7) is 7.51. The summed E-state index contributed by atoms with van der Waals surface area (Å²) in [7, 11) is 0. The number of rotatable bonds is 2. The van der Waals surface area contributed by atoms with Gasteiger partial charge in [0, 0.05) is 18.5 Å². The highest BCUT2D eigenvalue weighted by molar-refractivity contribution is 5.89. The van der Waals surface area contributed by atoms with Crippen LogP contribution in [0.3, 0.4) is 0 Å². The van der Waals surface area contributed by atoms with E-state index in [1.807, 2.05) is 51.1 Å². The summed E-state index contributed by atoms with van der Waals surface area (Å²) >= 11 is 0. The second-order valence-corrected chi connectivity index (χ2v) is 11.1. The van der Waals surface area contributed by atoms with Crippen LogP contribution in [0.1, 0.15) is 78.3 Å². The summed E-state index contributed by atoms with van der Waals surface area (Å²) in [5.74, 6) is -1.39. The minimum absolute atomic E-state index is 0.0719. The van der Waals surface area contributed by atoms with Gasteiger partial charge in [-0.2, -0.15) is 0 Å². The Morgan fingerprint density at radius 2 is 1.94 bits per heavy atom. The second kappa shape index (κ2) is 10.6. The Kier molecular flexibility index (Phi) is 7.83. The Balaban J connectivity index is 1.61. The quantitative estimate of drug-likeness (QED) is 0.358. The molecule has 3 aliphatic rings. The molecule has 36 heavy (non-hydrogen) atoms. The lowest BCUT2D eigenvalue weighted by Crippen LogP contribution is -2.52. The largest absolute Gasteiger partial charge is 0.458 e. The minimum Gasteiger partial charge on any atom is -0.458 e. The molecule has 7 heteroatoms. The number of aliphatic hydroxyl groups is 2. The third-order valence-corrected chi connectivity index (χ3v) is 8.50. The normalized spacial score (nSPS) is 37.3. The summed E-state index contributed by atoms with van der Waals surface area (Å²) in [5, 5.41) is 22.0. The number of pyridine rings is 1. The zero-order valence-electron chi connectivity index (χ0n) is 21.8. The molecule has 3 heterocycles. The van der Waals surface area contributed by atoms with Crippen LogP contribution in [0.4, 0.5) is 0 Å². The van der Waals surface area contributed by atoms with Crippen molar-refractivity contribution in [2.24, 2.45) is 11.3 Å². The van der Waals surface area contributed by atoms with Crippen molar-refractivity contribution in [2.45, 2.75) is 103 Å². The zero-order valence-corrected chi connectivity index (χ0v) is 21.8. The van der Waals surface area contributed by atoms with Crippen LogP contribution >= 0.6 is 0 Å². The summed E-state index contributed by atoms with van der Waals surface area (Å²) in [6.07, 6.45) is 6.45. The number of Topliss-reactive ketones (excluding diaryl/α,β-unsaturated/α-hetero) is 1. The number of aliphatic hydroxyl groups excluding tert-OH is 2. The molecule has 196 valence electrons. The van der Waals surface area contributed by atoms with Crippen LogP contribution in [-0.4, -0.2) is 57.0 Å². The van der Waals surface area contributed by atoms with Crippen LogP contribution in [0.15, 0.2) is 41.6 Å². The molecule has 4 rings (SSSR count). The van der Waals surface area contributed by atoms with Gasteiger partial charge in [0.15, 0.2) is 0 Å². The number of fused-ring (bicyclic) bond motifs is 1. The van der Waals surface area contributed by atoms with E-state index in [0.717, 1.165) is 29.7 Å². The molecule has 0 bridgehead atoms. The summed E-state index contributed by atoms with van der Waals surface area (Å²) in [4.78, 5) is 30.9. The third-order valence-electron chi connectivity index (χ3n) is 8.50. The maximum atomic E-state index is 13.5. The lowest BCUT2D eigenvalue weighted by Gasteiger charge is -2.45. The summed E-state index contributed by atoms with van der Waals surface area (Å²) < 4.78 is 12.0. The van der Waals surface area contributed by atoms with Gasteiger partial charge in [-0.1, -0.05) is 25.5 Å². The molecule has 0 radical (unpaired) electrons. The lowest BCUT2D eigenvalue weighted by atomic mass is 9.59. The molecule has 1 aromatic rings. The summed E-state index contributed by atoms with van der Waals surface area (Å²) in [5.41, 5.74) is 1.01. The van der Waals surface area contributed by atoms with Gasteiger partial charge in [-0.3, -0.25) is 14.6 Å². The number of hydrogen-bond donors (Lipinski definition) is 2. The average molecular weight is 498 g/mol.